The number of nitrogens with zero attached hydrogens (tertiary/aromatic N) is 1. The fourth-order valence-corrected chi connectivity index (χ4v) is 4.39. The first-order valence-electron chi connectivity index (χ1n) is 11.3. The third kappa shape index (κ3) is 5.57. The Hall–Kier alpha value is -3.32. The third-order valence-electron chi connectivity index (χ3n) is 5.63. The Morgan fingerprint density at radius 1 is 0.861 bits per heavy atom. The molecule has 0 aliphatic carbocycles. The van der Waals surface area contributed by atoms with Crippen LogP contribution in [-0.2, 0) is 16.0 Å². The van der Waals surface area contributed by atoms with Gasteiger partial charge in [0, 0.05) is 22.0 Å². The maximum Gasteiger partial charge on any atom is 0.283 e. The number of hydrogen-bond donors (Lipinski definition) is 2. The molecule has 0 spiro atoms. The van der Waals surface area contributed by atoms with Crippen LogP contribution in [0.2, 0.25) is 10.0 Å². The second-order valence-corrected chi connectivity index (χ2v) is 9.41. The highest BCUT2D eigenvalue weighted by atomic mass is 35.5. The molecule has 184 valence electrons. The minimum atomic E-state index is -0.704. The van der Waals surface area contributed by atoms with E-state index in [0.29, 0.717) is 22.0 Å². The van der Waals surface area contributed by atoms with Crippen LogP contribution < -0.4 is 15.5 Å². The van der Waals surface area contributed by atoms with Gasteiger partial charge in [-0.15, -0.1) is 0 Å². The fourth-order valence-electron chi connectivity index (χ4n) is 3.68. The summed E-state index contributed by atoms with van der Waals surface area (Å²) in [5.41, 5.74) is 2.93. The molecule has 0 aromatic heterocycles. The number of amides is 3. The van der Waals surface area contributed by atoms with Gasteiger partial charge in [-0.3, -0.25) is 14.4 Å². The van der Waals surface area contributed by atoms with Gasteiger partial charge < -0.3 is 10.6 Å². The number of unbranched alkanes of at least 4 members (excludes halogenated alkanes) is 1. The third-order valence-corrected chi connectivity index (χ3v) is 6.51. The summed E-state index contributed by atoms with van der Waals surface area (Å²) in [6, 6.07) is 18.7. The average Bonchev–Trinajstić information content (AvgIpc) is 3.07. The zero-order valence-electron chi connectivity index (χ0n) is 19.3. The molecule has 0 radical (unpaired) electrons. The molecule has 3 amide bonds. The number of anilines is 3. The van der Waals surface area contributed by atoms with Crippen LogP contribution in [0.25, 0.3) is 0 Å². The topological polar surface area (TPSA) is 78.5 Å². The molecule has 9 heteroatoms. The number of nitrogens with one attached hydrogen (secondary N) is 2. The predicted molar refractivity (Wildman–Crippen MR) is 145 cm³/mol. The van der Waals surface area contributed by atoms with Crippen molar-refractivity contribution in [1.29, 1.82) is 0 Å². The van der Waals surface area contributed by atoms with E-state index in [0.717, 1.165) is 24.2 Å². The molecule has 0 saturated heterocycles. The van der Waals surface area contributed by atoms with E-state index in [2.05, 4.69) is 17.6 Å². The zero-order chi connectivity index (χ0) is 25.8. The lowest BCUT2D eigenvalue weighted by atomic mass is 10.1. The van der Waals surface area contributed by atoms with E-state index in [4.69, 9.17) is 34.8 Å². The molecule has 0 unspecified atom stereocenters. The molecule has 0 fully saturated rings. The molecule has 1 aliphatic rings. The van der Waals surface area contributed by atoms with Crippen molar-refractivity contribution in [2.24, 2.45) is 0 Å². The normalized spacial score (nSPS) is 13.4. The summed E-state index contributed by atoms with van der Waals surface area (Å²) >= 11 is 18.3. The molecule has 1 aliphatic heterocycles. The lowest BCUT2D eigenvalue weighted by Gasteiger charge is -2.16. The van der Waals surface area contributed by atoms with Gasteiger partial charge in [-0.05, 0) is 73.0 Å². The second-order valence-electron chi connectivity index (χ2n) is 8.19. The number of halogens is 3. The van der Waals surface area contributed by atoms with Crippen molar-refractivity contribution < 1.29 is 14.4 Å². The molecular weight excluding hydrogens is 521 g/mol. The number of hydrogen-bond acceptors (Lipinski definition) is 4. The van der Waals surface area contributed by atoms with Crippen molar-refractivity contribution in [3.63, 3.8) is 0 Å². The van der Waals surface area contributed by atoms with Gasteiger partial charge in [0.05, 0.1) is 10.7 Å². The fraction of sp³-hybridized carbons (Fsp3) is 0.148. The molecule has 3 aromatic rings. The highest BCUT2D eigenvalue weighted by Gasteiger charge is 2.39. The van der Waals surface area contributed by atoms with Crippen molar-refractivity contribution in [2.75, 3.05) is 15.5 Å². The van der Waals surface area contributed by atoms with Crippen LogP contribution in [-0.4, -0.2) is 17.7 Å². The van der Waals surface area contributed by atoms with Gasteiger partial charge in [-0.1, -0.05) is 60.3 Å². The maximum atomic E-state index is 13.0. The van der Waals surface area contributed by atoms with Crippen LogP contribution in [0.5, 0.6) is 0 Å². The van der Waals surface area contributed by atoms with Crippen LogP contribution in [0.1, 0.15) is 35.7 Å². The molecule has 0 saturated carbocycles. The molecule has 0 atom stereocenters. The lowest BCUT2D eigenvalue weighted by Crippen LogP contribution is -2.32. The highest BCUT2D eigenvalue weighted by Crippen LogP contribution is 2.35. The van der Waals surface area contributed by atoms with Crippen molar-refractivity contribution in [3.05, 3.63) is 98.6 Å². The van der Waals surface area contributed by atoms with Crippen molar-refractivity contribution in [2.45, 2.75) is 26.2 Å². The Bertz CT molecular complexity index is 1350. The maximum absolute atomic E-state index is 13.0. The van der Waals surface area contributed by atoms with Gasteiger partial charge in [0.15, 0.2) is 0 Å². The van der Waals surface area contributed by atoms with Gasteiger partial charge in [0.25, 0.3) is 17.7 Å². The largest absolute Gasteiger partial charge is 0.350 e. The SMILES string of the molecule is CCCCc1ccc(NC(=O)c2ccc(NC3=C(Cl)C(=O)N(c4ccc(Cl)cc4Cl)C3=O)cc2)cc1. The number of aryl methyl sites for hydroxylation is 1. The Morgan fingerprint density at radius 3 is 2.17 bits per heavy atom. The number of imide groups is 1. The Morgan fingerprint density at radius 2 is 1.53 bits per heavy atom. The quantitative estimate of drug-likeness (QED) is 0.300. The lowest BCUT2D eigenvalue weighted by molar-refractivity contribution is -0.120. The van der Waals surface area contributed by atoms with E-state index in [1.54, 1.807) is 24.3 Å². The van der Waals surface area contributed by atoms with E-state index >= 15 is 0 Å². The molecule has 0 bridgehead atoms. The second kappa shape index (κ2) is 11.2. The van der Waals surface area contributed by atoms with Crippen LogP contribution >= 0.6 is 34.8 Å². The minimum absolute atomic E-state index is 0.0898. The van der Waals surface area contributed by atoms with Crippen molar-refractivity contribution in [1.82, 2.24) is 0 Å². The summed E-state index contributed by atoms with van der Waals surface area (Å²) < 4.78 is 0. The summed E-state index contributed by atoms with van der Waals surface area (Å²) in [5.74, 6) is -1.63. The number of benzene rings is 3. The summed E-state index contributed by atoms with van der Waals surface area (Å²) in [6.07, 6.45) is 3.27. The highest BCUT2D eigenvalue weighted by molar-refractivity contribution is 6.54. The Kier molecular flexibility index (Phi) is 7.99. The van der Waals surface area contributed by atoms with Crippen LogP contribution in [0.3, 0.4) is 0 Å². The van der Waals surface area contributed by atoms with E-state index in [9.17, 15) is 14.4 Å². The predicted octanol–water partition coefficient (Wildman–Crippen LogP) is 7.02. The van der Waals surface area contributed by atoms with E-state index in [1.807, 2.05) is 24.3 Å². The van der Waals surface area contributed by atoms with Gasteiger partial charge in [-0.2, -0.15) is 0 Å². The number of carbonyl (C=O) groups is 3. The Balaban J connectivity index is 1.43. The van der Waals surface area contributed by atoms with Gasteiger partial charge in [0.1, 0.15) is 10.7 Å². The van der Waals surface area contributed by atoms with Gasteiger partial charge in [-0.25, -0.2) is 4.90 Å². The van der Waals surface area contributed by atoms with Crippen LogP contribution in [0, 0.1) is 0 Å². The van der Waals surface area contributed by atoms with Crippen molar-refractivity contribution in [3.8, 4) is 0 Å². The van der Waals surface area contributed by atoms with E-state index in [-0.39, 0.29) is 27.3 Å². The monoisotopic (exact) mass is 541 g/mol. The molecule has 6 nitrogen and oxygen atoms in total. The summed E-state index contributed by atoms with van der Waals surface area (Å²) in [5, 5.41) is 5.99. The summed E-state index contributed by atoms with van der Waals surface area (Å²) in [7, 11) is 0. The standard InChI is InChI=1S/C27H22Cl3N3O3/c1-2-3-4-16-5-10-20(11-6-16)32-25(34)17-7-12-19(13-8-17)31-24-23(30)26(35)33(27(24)36)22-14-9-18(28)15-21(22)29/h5-15,31H,2-4H2,1H3,(H,32,34). The number of rotatable bonds is 8. The van der Waals surface area contributed by atoms with E-state index in [1.165, 1.54) is 23.8 Å². The first-order valence-corrected chi connectivity index (χ1v) is 12.4. The smallest absolute Gasteiger partial charge is 0.283 e. The number of carbonyl (C=O) groups excluding carboxylic acids is 3. The van der Waals surface area contributed by atoms with Gasteiger partial charge >= 0.3 is 0 Å². The molecule has 36 heavy (non-hydrogen) atoms. The van der Waals surface area contributed by atoms with E-state index < -0.39 is 11.8 Å². The molecule has 2 N–H and O–H groups in total. The summed E-state index contributed by atoms with van der Waals surface area (Å²) in [6.45, 7) is 2.15. The molecule has 3 aromatic carbocycles. The average molecular weight is 543 g/mol. The Labute approximate surface area is 223 Å². The van der Waals surface area contributed by atoms with Crippen LogP contribution in [0.4, 0.5) is 17.1 Å². The first-order chi connectivity index (χ1) is 17.3. The van der Waals surface area contributed by atoms with Crippen LogP contribution in [0.15, 0.2) is 77.5 Å². The van der Waals surface area contributed by atoms with Gasteiger partial charge in [0.2, 0.25) is 0 Å². The minimum Gasteiger partial charge on any atom is -0.350 e. The zero-order valence-corrected chi connectivity index (χ0v) is 21.5. The molecule has 1 heterocycles. The molecule has 4 rings (SSSR count). The summed E-state index contributed by atoms with van der Waals surface area (Å²) in [4.78, 5) is 39.2. The van der Waals surface area contributed by atoms with Crippen molar-refractivity contribution >= 4 is 69.6 Å². The first kappa shape index (κ1) is 25.8. The molecular formula is C27H22Cl3N3O3.